The van der Waals surface area contributed by atoms with Crippen molar-refractivity contribution in [3.8, 4) is 17.2 Å². The molecule has 3 aromatic carbocycles. The number of benzene rings is 3. The summed E-state index contributed by atoms with van der Waals surface area (Å²) in [6.45, 7) is 2.05. The predicted molar refractivity (Wildman–Crippen MR) is 106 cm³/mol. The van der Waals surface area contributed by atoms with Crippen LogP contribution in [0.1, 0.15) is 28.5 Å². The van der Waals surface area contributed by atoms with Crippen LogP contribution in [0.4, 0.5) is 0 Å². The maximum Gasteiger partial charge on any atom is 0.121 e. The Morgan fingerprint density at radius 1 is 1.11 bits per heavy atom. The van der Waals surface area contributed by atoms with E-state index in [1.54, 1.807) is 29.2 Å². The van der Waals surface area contributed by atoms with Crippen LogP contribution in [-0.4, -0.2) is 14.7 Å². The Kier molecular flexibility index (Phi) is 4.23. The zero-order valence-corrected chi connectivity index (χ0v) is 15.2. The molecular formula is C23H19N3O. The van der Waals surface area contributed by atoms with Crippen molar-refractivity contribution >= 4 is 10.8 Å². The molecule has 0 amide bonds. The SMILES string of the molecule is Cc1ccc2ccccc2c1-c1cc(C(O)c2cncn2C)ccc1C#N. The Morgan fingerprint density at radius 2 is 1.93 bits per heavy atom. The summed E-state index contributed by atoms with van der Waals surface area (Å²) in [6, 6.07) is 20.1. The Bertz CT molecular complexity index is 1180. The highest BCUT2D eigenvalue weighted by molar-refractivity contribution is 5.99. The van der Waals surface area contributed by atoms with Crippen molar-refractivity contribution < 1.29 is 5.11 Å². The fraction of sp³-hybridized carbons (Fsp3) is 0.130. The van der Waals surface area contributed by atoms with Gasteiger partial charge in [0, 0.05) is 12.6 Å². The number of rotatable bonds is 3. The smallest absolute Gasteiger partial charge is 0.121 e. The number of fused-ring (bicyclic) bond motifs is 1. The molecule has 0 bridgehead atoms. The average Bonchev–Trinajstić information content (AvgIpc) is 3.13. The van der Waals surface area contributed by atoms with Crippen LogP contribution in [0.15, 0.2) is 67.1 Å². The summed E-state index contributed by atoms with van der Waals surface area (Å²) in [4.78, 5) is 4.09. The maximum atomic E-state index is 10.8. The van der Waals surface area contributed by atoms with Gasteiger partial charge >= 0.3 is 0 Å². The van der Waals surface area contributed by atoms with E-state index in [1.165, 1.54) is 0 Å². The molecule has 4 rings (SSSR count). The van der Waals surface area contributed by atoms with Crippen molar-refractivity contribution in [2.75, 3.05) is 0 Å². The van der Waals surface area contributed by atoms with Crippen LogP contribution in [0.5, 0.6) is 0 Å². The van der Waals surface area contributed by atoms with Gasteiger partial charge in [-0.15, -0.1) is 0 Å². The van der Waals surface area contributed by atoms with Gasteiger partial charge in [-0.3, -0.25) is 0 Å². The summed E-state index contributed by atoms with van der Waals surface area (Å²) in [5.41, 5.74) is 5.00. The van der Waals surface area contributed by atoms with E-state index < -0.39 is 6.10 Å². The first-order valence-electron chi connectivity index (χ1n) is 8.77. The van der Waals surface area contributed by atoms with Crippen molar-refractivity contribution in [3.05, 3.63) is 89.5 Å². The van der Waals surface area contributed by atoms with Crippen LogP contribution in [0.25, 0.3) is 21.9 Å². The third kappa shape index (κ3) is 2.88. The molecule has 1 atom stereocenters. The van der Waals surface area contributed by atoms with Crippen LogP contribution in [0.3, 0.4) is 0 Å². The lowest BCUT2D eigenvalue weighted by atomic mass is 9.89. The van der Waals surface area contributed by atoms with Gasteiger partial charge in [-0.05, 0) is 46.5 Å². The number of hydrogen-bond acceptors (Lipinski definition) is 3. The van der Waals surface area contributed by atoms with Gasteiger partial charge in [0.2, 0.25) is 0 Å². The van der Waals surface area contributed by atoms with E-state index in [2.05, 4.69) is 35.3 Å². The van der Waals surface area contributed by atoms with E-state index in [0.717, 1.165) is 33.0 Å². The van der Waals surface area contributed by atoms with Crippen LogP contribution in [0.2, 0.25) is 0 Å². The molecule has 0 saturated carbocycles. The van der Waals surface area contributed by atoms with Gasteiger partial charge in [0.1, 0.15) is 6.10 Å². The first kappa shape index (κ1) is 17.0. The van der Waals surface area contributed by atoms with E-state index in [4.69, 9.17) is 0 Å². The Morgan fingerprint density at radius 3 is 2.67 bits per heavy atom. The van der Waals surface area contributed by atoms with Gasteiger partial charge in [-0.25, -0.2) is 4.98 Å². The molecule has 4 aromatic rings. The van der Waals surface area contributed by atoms with Gasteiger partial charge in [0.05, 0.1) is 29.9 Å². The number of aryl methyl sites for hydroxylation is 2. The van der Waals surface area contributed by atoms with Crippen LogP contribution >= 0.6 is 0 Å². The Hall–Kier alpha value is -3.42. The first-order valence-corrected chi connectivity index (χ1v) is 8.77. The van der Waals surface area contributed by atoms with Crippen molar-refractivity contribution in [3.63, 3.8) is 0 Å². The normalized spacial score (nSPS) is 12.1. The largest absolute Gasteiger partial charge is 0.382 e. The number of nitriles is 1. The summed E-state index contributed by atoms with van der Waals surface area (Å²) in [6.07, 6.45) is 2.52. The van der Waals surface area contributed by atoms with Crippen LogP contribution in [-0.2, 0) is 7.05 Å². The molecule has 1 unspecified atom stereocenters. The second kappa shape index (κ2) is 6.71. The van der Waals surface area contributed by atoms with E-state index in [9.17, 15) is 10.4 Å². The van der Waals surface area contributed by atoms with Gasteiger partial charge in [0.15, 0.2) is 0 Å². The molecule has 0 spiro atoms. The van der Waals surface area contributed by atoms with Gasteiger partial charge in [-0.1, -0.05) is 42.5 Å². The van der Waals surface area contributed by atoms with Gasteiger partial charge in [0.25, 0.3) is 0 Å². The molecule has 27 heavy (non-hydrogen) atoms. The Labute approximate surface area is 158 Å². The van der Waals surface area contributed by atoms with Gasteiger partial charge in [-0.2, -0.15) is 5.26 Å². The number of aromatic nitrogens is 2. The molecule has 4 nitrogen and oxygen atoms in total. The van der Waals surface area contributed by atoms with E-state index in [-0.39, 0.29) is 0 Å². The summed E-state index contributed by atoms with van der Waals surface area (Å²) < 4.78 is 1.80. The molecular weight excluding hydrogens is 334 g/mol. The fourth-order valence-corrected chi connectivity index (χ4v) is 3.58. The van der Waals surface area contributed by atoms with E-state index in [1.807, 2.05) is 32.2 Å². The summed E-state index contributed by atoms with van der Waals surface area (Å²) in [5, 5.41) is 22.7. The van der Waals surface area contributed by atoms with E-state index in [0.29, 0.717) is 11.3 Å². The van der Waals surface area contributed by atoms with Crippen LogP contribution < -0.4 is 0 Å². The monoisotopic (exact) mass is 353 g/mol. The lowest BCUT2D eigenvalue weighted by Crippen LogP contribution is -2.05. The van der Waals surface area contributed by atoms with Crippen molar-refractivity contribution in [2.45, 2.75) is 13.0 Å². The second-order valence-corrected chi connectivity index (χ2v) is 6.73. The molecule has 4 heteroatoms. The summed E-state index contributed by atoms with van der Waals surface area (Å²) >= 11 is 0. The standard InChI is InChI=1S/C23H19N3O/c1-15-7-8-16-5-3-4-6-19(16)22(15)20-11-17(9-10-18(20)12-24)23(27)21-13-25-14-26(21)2/h3-11,13-14,23,27H,1-2H3. The number of aliphatic hydroxyl groups is 1. The highest BCUT2D eigenvalue weighted by Gasteiger charge is 2.18. The predicted octanol–water partition coefficient (Wildman–Crippen LogP) is 4.50. The molecule has 0 radical (unpaired) electrons. The highest BCUT2D eigenvalue weighted by atomic mass is 16.3. The van der Waals surface area contributed by atoms with E-state index >= 15 is 0 Å². The van der Waals surface area contributed by atoms with Gasteiger partial charge < -0.3 is 9.67 Å². The molecule has 0 aliphatic carbocycles. The first-order chi connectivity index (χ1) is 13.1. The summed E-state index contributed by atoms with van der Waals surface area (Å²) in [7, 11) is 1.85. The maximum absolute atomic E-state index is 10.8. The minimum Gasteiger partial charge on any atom is -0.382 e. The average molecular weight is 353 g/mol. The molecule has 1 aromatic heterocycles. The highest BCUT2D eigenvalue weighted by Crippen LogP contribution is 2.36. The third-order valence-electron chi connectivity index (χ3n) is 5.02. The van der Waals surface area contributed by atoms with Crippen LogP contribution in [0, 0.1) is 18.3 Å². The topological polar surface area (TPSA) is 61.8 Å². The Balaban J connectivity index is 1.95. The minimum absolute atomic E-state index is 0.593. The zero-order chi connectivity index (χ0) is 19.0. The lowest BCUT2D eigenvalue weighted by molar-refractivity contribution is 0.211. The zero-order valence-electron chi connectivity index (χ0n) is 15.2. The second-order valence-electron chi connectivity index (χ2n) is 6.73. The molecule has 0 aliphatic heterocycles. The number of aliphatic hydroxyl groups excluding tert-OH is 1. The summed E-state index contributed by atoms with van der Waals surface area (Å²) in [5.74, 6) is 0. The molecule has 0 fully saturated rings. The van der Waals surface area contributed by atoms with Crippen molar-refractivity contribution in [1.82, 2.24) is 9.55 Å². The molecule has 0 aliphatic rings. The lowest BCUT2D eigenvalue weighted by Gasteiger charge is -2.16. The molecule has 0 saturated heterocycles. The van der Waals surface area contributed by atoms with Crippen molar-refractivity contribution in [2.24, 2.45) is 7.05 Å². The fourth-order valence-electron chi connectivity index (χ4n) is 3.58. The van der Waals surface area contributed by atoms with Crippen molar-refractivity contribution in [1.29, 1.82) is 5.26 Å². The number of nitrogens with zero attached hydrogens (tertiary/aromatic N) is 3. The molecule has 1 N–H and O–H groups in total. The number of hydrogen-bond donors (Lipinski definition) is 1. The molecule has 1 heterocycles. The quantitative estimate of drug-likeness (QED) is 0.590. The molecule has 132 valence electrons. The number of imidazole rings is 1. The third-order valence-corrected chi connectivity index (χ3v) is 5.02. The minimum atomic E-state index is -0.806.